The largest absolute Gasteiger partial charge is 0.491 e. The number of aliphatic hydroxyl groups is 2. The van der Waals surface area contributed by atoms with E-state index >= 15 is 0 Å². The predicted molar refractivity (Wildman–Crippen MR) is 143 cm³/mol. The van der Waals surface area contributed by atoms with Crippen LogP contribution in [0.3, 0.4) is 0 Å². The van der Waals surface area contributed by atoms with Gasteiger partial charge in [0.05, 0.1) is 16.2 Å². The molecule has 2 heterocycles. The van der Waals surface area contributed by atoms with Crippen LogP contribution in [0.5, 0.6) is 5.75 Å². The normalized spacial score (nSPS) is 20.0. The summed E-state index contributed by atoms with van der Waals surface area (Å²) >= 11 is 9.42. The van der Waals surface area contributed by atoms with Crippen LogP contribution in [-0.2, 0) is 0 Å². The SMILES string of the molecule is CC[C@]1(O)CCN(CCOc2ccc(C#Cc3ncc(-c4ccc(Cl)cc4)cc3F)cc2Br)C[C@H]1O. The highest BCUT2D eigenvalue weighted by Gasteiger charge is 2.38. The Morgan fingerprint density at radius 2 is 1.97 bits per heavy atom. The molecule has 36 heavy (non-hydrogen) atoms. The van der Waals surface area contributed by atoms with Gasteiger partial charge in [0.1, 0.15) is 18.1 Å². The van der Waals surface area contributed by atoms with E-state index in [-0.39, 0.29) is 5.69 Å². The minimum atomic E-state index is -0.992. The van der Waals surface area contributed by atoms with Crippen molar-refractivity contribution in [2.75, 3.05) is 26.2 Å². The number of ether oxygens (including phenoxy) is 1. The summed E-state index contributed by atoms with van der Waals surface area (Å²) in [5.41, 5.74) is 1.25. The van der Waals surface area contributed by atoms with E-state index in [4.69, 9.17) is 16.3 Å². The van der Waals surface area contributed by atoms with Crippen molar-refractivity contribution in [1.82, 2.24) is 9.88 Å². The van der Waals surface area contributed by atoms with Gasteiger partial charge in [0.25, 0.3) is 0 Å². The lowest BCUT2D eigenvalue weighted by Crippen LogP contribution is -2.55. The standard InChI is InChI=1S/C28H27BrClFN2O3/c1-2-28(35)11-12-33(18-27(28)34)13-14-36-26-10-4-19(15-23(26)29)3-9-25-24(31)16-21(17-32-25)20-5-7-22(30)8-6-20/h4-8,10,15-17,27,34-35H,2,11-14,18H2,1H3/t27-,28+/m1/s1. The summed E-state index contributed by atoms with van der Waals surface area (Å²) in [6, 6.07) is 14.0. The zero-order valence-corrected chi connectivity index (χ0v) is 22.2. The predicted octanol–water partition coefficient (Wildman–Crippen LogP) is 5.29. The van der Waals surface area contributed by atoms with Gasteiger partial charge >= 0.3 is 0 Å². The summed E-state index contributed by atoms with van der Waals surface area (Å²) in [5.74, 6) is 5.92. The van der Waals surface area contributed by atoms with Gasteiger partial charge in [-0.25, -0.2) is 9.37 Å². The van der Waals surface area contributed by atoms with E-state index in [1.807, 2.05) is 31.2 Å². The van der Waals surface area contributed by atoms with Crippen LogP contribution in [0.4, 0.5) is 4.39 Å². The average Bonchev–Trinajstić information content (AvgIpc) is 2.87. The maximum Gasteiger partial charge on any atom is 0.158 e. The van der Waals surface area contributed by atoms with Crippen LogP contribution in [0.1, 0.15) is 31.0 Å². The monoisotopic (exact) mass is 572 g/mol. The molecule has 0 unspecified atom stereocenters. The third-order valence-corrected chi connectivity index (χ3v) is 7.34. The Morgan fingerprint density at radius 1 is 1.19 bits per heavy atom. The number of likely N-dealkylation sites (tertiary alicyclic amines) is 1. The fourth-order valence-corrected chi connectivity index (χ4v) is 4.70. The van der Waals surface area contributed by atoms with Crippen molar-refractivity contribution in [3.8, 4) is 28.7 Å². The number of pyridine rings is 1. The minimum Gasteiger partial charge on any atom is -0.491 e. The lowest BCUT2D eigenvalue weighted by atomic mass is 9.86. The highest BCUT2D eigenvalue weighted by Crippen LogP contribution is 2.28. The first-order valence-electron chi connectivity index (χ1n) is 11.8. The van der Waals surface area contributed by atoms with Gasteiger partial charge in [-0.1, -0.05) is 36.6 Å². The first-order chi connectivity index (χ1) is 17.3. The molecule has 4 rings (SSSR count). The van der Waals surface area contributed by atoms with Crippen LogP contribution in [0.2, 0.25) is 5.02 Å². The van der Waals surface area contributed by atoms with Crippen molar-refractivity contribution in [3.05, 3.63) is 81.3 Å². The van der Waals surface area contributed by atoms with E-state index in [0.29, 0.717) is 61.0 Å². The molecule has 0 amide bonds. The van der Waals surface area contributed by atoms with Crippen molar-refractivity contribution >= 4 is 27.5 Å². The Morgan fingerprint density at radius 3 is 2.64 bits per heavy atom. The van der Waals surface area contributed by atoms with E-state index in [0.717, 1.165) is 10.0 Å². The first-order valence-corrected chi connectivity index (χ1v) is 12.9. The molecule has 2 N–H and O–H groups in total. The number of rotatable bonds is 6. The fraction of sp³-hybridized carbons (Fsp3) is 0.321. The van der Waals surface area contributed by atoms with Crippen molar-refractivity contribution in [1.29, 1.82) is 0 Å². The van der Waals surface area contributed by atoms with E-state index in [1.165, 1.54) is 6.07 Å². The Labute approximate surface area is 224 Å². The number of benzene rings is 2. The van der Waals surface area contributed by atoms with Crippen LogP contribution < -0.4 is 4.74 Å². The molecule has 188 valence electrons. The maximum atomic E-state index is 14.6. The average molecular weight is 574 g/mol. The molecule has 0 spiro atoms. The lowest BCUT2D eigenvalue weighted by Gasteiger charge is -2.41. The first kappa shape index (κ1) is 26.6. The summed E-state index contributed by atoms with van der Waals surface area (Å²) in [6.45, 7) is 4.11. The van der Waals surface area contributed by atoms with Crippen LogP contribution in [0.15, 0.2) is 59.2 Å². The molecule has 1 fully saturated rings. The van der Waals surface area contributed by atoms with Crippen LogP contribution >= 0.6 is 27.5 Å². The van der Waals surface area contributed by atoms with E-state index in [1.54, 1.807) is 24.4 Å². The second-order valence-electron chi connectivity index (χ2n) is 8.83. The quantitative estimate of drug-likeness (QED) is 0.393. The van der Waals surface area contributed by atoms with E-state index in [2.05, 4.69) is 37.7 Å². The van der Waals surface area contributed by atoms with Gasteiger partial charge in [0.2, 0.25) is 0 Å². The Kier molecular flexibility index (Phi) is 8.66. The number of piperidine rings is 1. The summed E-state index contributed by atoms with van der Waals surface area (Å²) in [7, 11) is 0. The van der Waals surface area contributed by atoms with Gasteiger partial charge in [-0.3, -0.25) is 4.90 Å². The Balaban J connectivity index is 1.34. The van der Waals surface area contributed by atoms with Crippen molar-refractivity contribution < 1.29 is 19.3 Å². The molecule has 1 saturated heterocycles. The number of halogens is 3. The van der Waals surface area contributed by atoms with Gasteiger partial charge in [0.15, 0.2) is 5.82 Å². The second kappa shape index (κ2) is 11.7. The molecule has 0 radical (unpaired) electrons. The molecular formula is C28H27BrClFN2O3. The number of β-amino-alcohol motifs (C(OH)–C–C–N with tert-alkyl or cyclic N) is 1. The topological polar surface area (TPSA) is 65.8 Å². The lowest BCUT2D eigenvalue weighted by molar-refractivity contribution is -0.121. The highest BCUT2D eigenvalue weighted by molar-refractivity contribution is 9.10. The molecule has 3 aromatic rings. The minimum absolute atomic E-state index is 0.0721. The van der Waals surface area contributed by atoms with Gasteiger partial charge in [-0.15, -0.1) is 0 Å². The van der Waals surface area contributed by atoms with Crippen LogP contribution in [0.25, 0.3) is 11.1 Å². The number of nitrogens with zero attached hydrogens (tertiary/aromatic N) is 2. The van der Waals surface area contributed by atoms with Gasteiger partial charge in [0, 0.05) is 42.0 Å². The molecule has 2 aromatic carbocycles. The second-order valence-corrected chi connectivity index (χ2v) is 10.1. The van der Waals surface area contributed by atoms with Crippen LogP contribution in [-0.4, -0.2) is 58.0 Å². The van der Waals surface area contributed by atoms with Gasteiger partial charge in [-0.05, 0) is 76.7 Å². The third-order valence-electron chi connectivity index (χ3n) is 6.47. The molecular weight excluding hydrogens is 547 g/mol. The van der Waals surface area contributed by atoms with Gasteiger partial charge < -0.3 is 14.9 Å². The van der Waals surface area contributed by atoms with Crippen molar-refractivity contribution in [2.24, 2.45) is 0 Å². The number of aliphatic hydroxyl groups excluding tert-OH is 1. The number of aromatic nitrogens is 1. The zero-order valence-electron chi connectivity index (χ0n) is 19.8. The zero-order chi connectivity index (χ0) is 25.7. The van der Waals surface area contributed by atoms with Crippen molar-refractivity contribution in [2.45, 2.75) is 31.5 Å². The summed E-state index contributed by atoms with van der Waals surface area (Å²) in [5, 5.41) is 21.2. The van der Waals surface area contributed by atoms with Gasteiger partial charge in [-0.2, -0.15) is 0 Å². The summed E-state index contributed by atoms with van der Waals surface area (Å²) in [6.07, 6.45) is 1.92. The fourth-order valence-electron chi connectivity index (χ4n) is 4.08. The third kappa shape index (κ3) is 6.44. The van der Waals surface area contributed by atoms with E-state index < -0.39 is 17.5 Å². The Bertz CT molecular complexity index is 1280. The number of hydrogen-bond acceptors (Lipinski definition) is 5. The highest BCUT2D eigenvalue weighted by atomic mass is 79.9. The molecule has 1 aromatic heterocycles. The maximum absolute atomic E-state index is 14.6. The molecule has 1 aliphatic rings. The van der Waals surface area contributed by atoms with Crippen molar-refractivity contribution in [3.63, 3.8) is 0 Å². The van der Waals surface area contributed by atoms with Crippen LogP contribution in [0, 0.1) is 17.7 Å². The summed E-state index contributed by atoms with van der Waals surface area (Å²) < 4.78 is 21.2. The molecule has 0 saturated carbocycles. The molecule has 0 bridgehead atoms. The molecule has 2 atom stereocenters. The smallest absolute Gasteiger partial charge is 0.158 e. The molecule has 1 aliphatic heterocycles. The number of hydrogen-bond donors (Lipinski definition) is 2. The Hall–Kier alpha value is -2.47. The summed E-state index contributed by atoms with van der Waals surface area (Å²) in [4.78, 5) is 6.27. The molecule has 0 aliphatic carbocycles. The van der Waals surface area contributed by atoms with E-state index in [9.17, 15) is 14.6 Å². The molecule has 8 heteroatoms. The molecule has 5 nitrogen and oxygen atoms in total.